The summed E-state index contributed by atoms with van der Waals surface area (Å²) in [6.45, 7) is 5.62. The molecule has 108 valence electrons. The number of nitrogens with zero attached hydrogens (tertiary/aromatic N) is 1. The van der Waals surface area contributed by atoms with E-state index in [1.165, 1.54) is 13.0 Å². The number of halogens is 1. The third-order valence-electron chi connectivity index (χ3n) is 3.45. The van der Waals surface area contributed by atoms with Crippen LogP contribution in [0.15, 0.2) is 17.0 Å². The van der Waals surface area contributed by atoms with Crippen molar-refractivity contribution in [2.45, 2.75) is 18.4 Å². The molecule has 0 amide bonds. The van der Waals surface area contributed by atoms with E-state index in [1.807, 2.05) is 0 Å². The molecule has 1 saturated heterocycles. The third-order valence-corrected chi connectivity index (χ3v) is 4.40. The summed E-state index contributed by atoms with van der Waals surface area (Å²) in [5.74, 6) is 2.42. The molecule has 0 saturated carbocycles. The van der Waals surface area contributed by atoms with Gasteiger partial charge in [-0.2, -0.15) is 8.42 Å². The van der Waals surface area contributed by atoms with Gasteiger partial charge >= 0.3 is 10.2 Å². The molecule has 4 nitrogen and oxygen atoms in total. The SMILES string of the molecule is C#Cc1cc(CN2CCNCC2)cc(S(=O)(=O)F)c1C. The summed E-state index contributed by atoms with van der Waals surface area (Å²) in [4.78, 5) is 1.86. The van der Waals surface area contributed by atoms with Crippen molar-refractivity contribution < 1.29 is 12.3 Å². The van der Waals surface area contributed by atoms with Gasteiger partial charge in [0.1, 0.15) is 4.90 Å². The summed E-state index contributed by atoms with van der Waals surface area (Å²) >= 11 is 0. The molecule has 1 aliphatic rings. The van der Waals surface area contributed by atoms with Crippen molar-refractivity contribution in [3.05, 3.63) is 28.8 Å². The second-order valence-electron chi connectivity index (χ2n) is 4.87. The Labute approximate surface area is 119 Å². The van der Waals surface area contributed by atoms with Gasteiger partial charge < -0.3 is 5.32 Å². The van der Waals surface area contributed by atoms with Crippen LogP contribution in [-0.4, -0.2) is 39.5 Å². The predicted molar refractivity (Wildman–Crippen MR) is 75.6 cm³/mol. The lowest BCUT2D eigenvalue weighted by molar-refractivity contribution is 0.233. The highest BCUT2D eigenvalue weighted by atomic mass is 32.3. The normalized spacial score (nSPS) is 16.9. The Morgan fingerprint density at radius 3 is 2.60 bits per heavy atom. The highest BCUT2D eigenvalue weighted by molar-refractivity contribution is 7.86. The van der Waals surface area contributed by atoms with Crippen LogP contribution in [0.4, 0.5) is 3.89 Å². The molecule has 1 heterocycles. The van der Waals surface area contributed by atoms with Crippen molar-refractivity contribution in [1.82, 2.24) is 10.2 Å². The number of hydrogen-bond acceptors (Lipinski definition) is 4. The topological polar surface area (TPSA) is 49.4 Å². The number of terminal acetylenes is 1. The van der Waals surface area contributed by atoms with Crippen LogP contribution in [0.2, 0.25) is 0 Å². The lowest BCUT2D eigenvalue weighted by Crippen LogP contribution is -2.42. The van der Waals surface area contributed by atoms with Gasteiger partial charge in [-0.25, -0.2) is 0 Å². The van der Waals surface area contributed by atoms with Crippen LogP contribution >= 0.6 is 0 Å². The number of rotatable bonds is 3. The van der Waals surface area contributed by atoms with Crippen LogP contribution < -0.4 is 5.32 Å². The number of nitrogens with one attached hydrogen (secondary N) is 1. The minimum Gasteiger partial charge on any atom is -0.314 e. The Hall–Kier alpha value is -1.42. The molecule has 1 aliphatic heterocycles. The van der Waals surface area contributed by atoms with E-state index >= 15 is 0 Å². The summed E-state index contributed by atoms with van der Waals surface area (Å²) in [5, 5.41) is 3.24. The first-order valence-electron chi connectivity index (χ1n) is 6.39. The molecule has 0 bridgehead atoms. The molecule has 20 heavy (non-hydrogen) atoms. The van der Waals surface area contributed by atoms with Crippen LogP contribution in [0.3, 0.4) is 0 Å². The van der Waals surface area contributed by atoms with Crippen LogP contribution in [0.25, 0.3) is 0 Å². The summed E-state index contributed by atoms with van der Waals surface area (Å²) in [6, 6.07) is 3.14. The Morgan fingerprint density at radius 1 is 1.40 bits per heavy atom. The zero-order valence-corrected chi connectivity index (χ0v) is 12.1. The quantitative estimate of drug-likeness (QED) is 0.669. The van der Waals surface area contributed by atoms with E-state index in [2.05, 4.69) is 16.1 Å². The number of benzene rings is 1. The Morgan fingerprint density at radius 2 is 2.05 bits per heavy atom. The molecule has 0 atom stereocenters. The zero-order chi connectivity index (χ0) is 14.8. The highest BCUT2D eigenvalue weighted by Gasteiger charge is 2.19. The van der Waals surface area contributed by atoms with Crippen molar-refractivity contribution in [2.75, 3.05) is 26.2 Å². The lowest BCUT2D eigenvalue weighted by Gasteiger charge is -2.27. The number of hydrogen-bond donors (Lipinski definition) is 1. The fourth-order valence-electron chi connectivity index (χ4n) is 2.37. The van der Waals surface area contributed by atoms with Gasteiger partial charge in [-0.05, 0) is 30.2 Å². The minimum absolute atomic E-state index is 0.291. The second-order valence-corrected chi connectivity index (χ2v) is 6.19. The molecule has 0 aromatic heterocycles. The smallest absolute Gasteiger partial charge is 0.314 e. The maximum atomic E-state index is 13.3. The molecule has 1 aromatic rings. The van der Waals surface area contributed by atoms with E-state index in [0.717, 1.165) is 31.7 Å². The predicted octanol–water partition coefficient (Wildman–Crippen LogP) is 1.04. The van der Waals surface area contributed by atoms with E-state index in [9.17, 15) is 12.3 Å². The van der Waals surface area contributed by atoms with Gasteiger partial charge in [0.05, 0.1) is 0 Å². The molecule has 0 radical (unpaired) electrons. The highest BCUT2D eigenvalue weighted by Crippen LogP contribution is 2.23. The third kappa shape index (κ3) is 3.37. The minimum atomic E-state index is -4.76. The van der Waals surface area contributed by atoms with Gasteiger partial charge in [-0.3, -0.25) is 4.90 Å². The molecule has 2 rings (SSSR count). The first-order valence-corrected chi connectivity index (χ1v) is 7.78. The van der Waals surface area contributed by atoms with E-state index in [4.69, 9.17) is 6.42 Å². The van der Waals surface area contributed by atoms with Crippen molar-refractivity contribution in [2.24, 2.45) is 0 Å². The maximum Gasteiger partial charge on any atom is 0.332 e. The number of piperazine rings is 1. The van der Waals surface area contributed by atoms with Gasteiger partial charge in [0.2, 0.25) is 0 Å². The van der Waals surface area contributed by atoms with E-state index in [-0.39, 0.29) is 4.90 Å². The monoisotopic (exact) mass is 296 g/mol. The average molecular weight is 296 g/mol. The Kier molecular flexibility index (Phi) is 4.43. The van der Waals surface area contributed by atoms with Crippen LogP contribution in [0.5, 0.6) is 0 Å². The van der Waals surface area contributed by atoms with Gasteiger partial charge in [-0.1, -0.05) is 5.92 Å². The maximum absolute atomic E-state index is 13.3. The Bertz CT molecular complexity index is 644. The van der Waals surface area contributed by atoms with E-state index in [0.29, 0.717) is 17.7 Å². The summed E-state index contributed by atoms with van der Waals surface area (Å²) in [7, 11) is -4.76. The Balaban J connectivity index is 2.36. The van der Waals surface area contributed by atoms with Crippen molar-refractivity contribution in [1.29, 1.82) is 0 Å². The van der Waals surface area contributed by atoms with E-state index < -0.39 is 10.2 Å². The van der Waals surface area contributed by atoms with Crippen molar-refractivity contribution in [3.8, 4) is 12.3 Å². The summed E-state index contributed by atoms with van der Waals surface area (Å²) in [5.41, 5.74) is 1.44. The van der Waals surface area contributed by atoms with Gasteiger partial charge in [-0.15, -0.1) is 10.3 Å². The largest absolute Gasteiger partial charge is 0.332 e. The summed E-state index contributed by atoms with van der Waals surface area (Å²) in [6.07, 6.45) is 5.37. The lowest BCUT2D eigenvalue weighted by atomic mass is 10.0. The van der Waals surface area contributed by atoms with Gasteiger partial charge in [0, 0.05) is 38.3 Å². The first-order chi connectivity index (χ1) is 9.41. The molecule has 0 aliphatic carbocycles. The molecule has 1 aromatic carbocycles. The molecule has 0 unspecified atom stereocenters. The molecule has 6 heteroatoms. The first kappa shape index (κ1) is 15.0. The standard InChI is InChI=1S/C14H17FN2O2S/c1-3-13-8-12(10-17-6-4-16-5-7-17)9-14(11(13)2)20(15,18)19/h1,8-9,16H,4-7,10H2,2H3. The van der Waals surface area contributed by atoms with Crippen LogP contribution in [0.1, 0.15) is 16.7 Å². The van der Waals surface area contributed by atoms with Gasteiger partial charge in [0.15, 0.2) is 0 Å². The molecule has 0 spiro atoms. The second kappa shape index (κ2) is 5.92. The zero-order valence-electron chi connectivity index (χ0n) is 11.3. The van der Waals surface area contributed by atoms with Crippen LogP contribution in [0, 0.1) is 19.3 Å². The molecular weight excluding hydrogens is 279 g/mol. The van der Waals surface area contributed by atoms with Crippen LogP contribution in [-0.2, 0) is 16.8 Å². The average Bonchev–Trinajstić information content (AvgIpc) is 2.40. The molecular formula is C14H17FN2O2S. The fraction of sp³-hybridized carbons (Fsp3) is 0.429. The van der Waals surface area contributed by atoms with Crippen molar-refractivity contribution in [3.63, 3.8) is 0 Å². The molecule has 1 N–H and O–H groups in total. The summed E-state index contributed by atoms with van der Waals surface area (Å²) < 4.78 is 35.8. The fourth-order valence-corrected chi connectivity index (χ4v) is 3.13. The van der Waals surface area contributed by atoms with Gasteiger partial charge in [0.25, 0.3) is 0 Å². The molecule has 1 fully saturated rings. The van der Waals surface area contributed by atoms with E-state index in [1.54, 1.807) is 6.07 Å². The van der Waals surface area contributed by atoms with Crippen molar-refractivity contribution >= 4 is 10.2 Å².